The summed E-state index contributed by atoms with van der Waals surface area (Å²) in [6.45, 7) is 4.48. The zero-order valence-corrected chi connectivity index (χ0v) is 11.7. The third-order valence-electron chi connectivity index (χ3n) is 3.04. The van der Waals surface area contributed by atoms with Gasteiger partial charge in [-0.2, -0.15) is 0 Å². The Hall–Kier alpha value is -1.27. The van der Waals surface area contributed by atoms with Gasteiger partial charge in [-0.3, -0.25) is 0 Å². The molecular formula is C12H16BrN3O2. The van der Waals surface area contributed by atoms with Gasteiger partial charge in [0, 0.05) is 28.3 Å². The molecule has 0 bridgehead atoms. The van der Waals surface area contributed by atoms with Gasteiger partial charge in [0.1, 0.15) is 0 Å². The molecule has 1 atom stereocenters. The van der Waals surface area contributed by atoms with Gasteiger partial charge in [-0.05, 0) is 41.1 Å². The van der Waals surface area contributed by atoms with Crippen molar-refractivity contribution >= 4 is 27.5 Å². The average Bonchev–Trinajstić information content (AvgIpc) is 2.38. The van der Waals surface area contributed by atoms with Crippen LogP contribution in [0.2, 0.25) is 0 Å². The molecule has 0 amide bonds. The van der Waals surface area contributed by atoms with Crippen LogP contribution in [0, 0.1) is 0 Å². The molecule has 1 aromatic rings. The fraction of sp³-hybridized carbons (Fsp3) is 0.417. The molecule has 98 valence electrons. The van der Waals surface area contributed by atoms with Crippen LogP contribution < -0.4 is 10.6 Å². The molecule has 5 nitrogen and oxygen atoms in total. The topological polar surface area (TPSA) is 71.1 Å². The molecule has 6 heteroatoms. The number of nitrogens with two attached hydrogens (primary N) is 1. The molecule has 2 rings (SSSR count). The number of ether oxygens (including phenoxy) is 1. The standard InChI is InChI=1S/C12H16BrN3O2/c1-8-7-18-5-4-16(8)9-2-3-10(11(13)6-9)12(14)15-17/h2-3,6,8,17H,4-5,7H2,1H3,(H2,14,15). The van der Waals surface area contributed by atoms with E-state index in [1.54, 1.807) is 0 Å². The van der Waals surface area contributed by atoms with Crippen LogP contribution in [0.25, 0.3) is 0 Å². The predicted molar refractivity (Wildman–Crippen MR) is 74.3 cm³/mol. The van der Waals surface area contributed by atoms with E-state index in [2.05, 4.69) is 32.9 Å². The first-order chi connectivity index (χ1) is 8.63. The van der Waals surface area contributed by atoms with Gasteiger partial charge in [0.25, 0.3) is 0 Å². The Morgan fingerprint density at radius 2 is 2.39 bits per heavy atom. The molecule has 1 aliphatic heterocycles. The van der Waals surface area contributed by atoms with Gasteiger partial charge in [-0.1, -0.05) is 5.16 Å². The van der Waals surface area contributed by atoms with E-state index in [-0.39, 0.29) is 5.84 Å². The van der Waals surface area contributed by atoms with E-state index < -0.39 is 0 Å². The zero-order valence-electron chi connectivity index (χ0n) is 10.1. The van der Waals surface area contributed by atoms with Crippen molar-refractivity contribution in [1.82, 2.24) is 0 Å². The van der Waals surface area contributed by atoms with Crippen LogP contribution in [-0.4, -0.2) is 36.8 Å². The minimum Gasteiger partial charge on any atom is -0.409 e. The minimum atomic E-state index is 0.100. The van der Waals surface area contributed by atoms with Crippen LogP contribution in [-0.2, 0) is 4.74 Å². The van der Waals surface area contributed by atoms with E-state index in [9.17, 15) is 0 Å². The summed E-state index contributed by atoms with van der Waals surface area (Å²) in [5.74, 6) is 0.100. The molecule has 1 aliphatic rings. The summed E-state index contributed by atoms with van der Waals surface area (Å²) in [7, 11) is 0. The fourth-order valence-electron chi connectivity index (χ4n) is 2.05. The highest BCUT2D eigenvalue weighted by atomic mass is 79.9. The smallest absolute Gasteiger partial charge is 0.171 e. The van der Waals surface area contributed by atoms with Crippen LogP contribution in [0.4, 0.5) is 5.69 Å². The van der Waals surface area contributed by atoms with Crippen molar-refractivity contribution < 1.29 is 9.94 Å². The highest BCUT2D eigenvalue weighted by Crippen LogP contribution is 2.26. The van der Waals surface area contributed by atoms with Crippen molar-refractivity contribution in [2.45, 2.75) is 13.0 Å². The molecule has 0 aliphatic carbocycles. The number of hydrogen-bond acceptors (Lipinski definition) is 4. The van der Waals surface area contributed by atoms with Crippen molar-refractivity contribution in [3.8, 4) is 0 Å². The normalized spacial score (nSPS) is 21.1. The number of anilines is 1. The van der Waals surface area contributed by atoms with Crippen LogP contribution in [0.1, 0.15) is 12.5 Å². The lowest BCUT2D eigenvalue weighted by molar-refractivity contribution is 0.0989. The first-order valence-corrected chi connectivity index (χ1v) is 6.54. The maximum atomic E-state index is 8.69. The summed E-state index contributed by atoms with van der Waals surface area (Å²) in [5.41, 5.74) is 7.37. The van der Waals surface area contributed by atoms with Crippen molar-refractivity contribution in [3.05, 3.63) is 28.2 Å². The lowest BCUT2D eigenvalue weighted by atomic mass is 10.1. The van der Waals surface area contributed by atoms with E-state index in [0.717, 1.165) is 29.9 Å². The number of hydrogen-bond donors (Lipinski definition) is 2. The molecule has 0 aromatic heterocycles. The monoisotopic (exact) mass is 313 g/mol. The number of halogens is 1. The van der Waals surface area contributed by atoms with Gasteiger partial charge in [-0.25, -0.2) is 0 Å². The largest absolute Gasteiger partial charge is 0.409 e. The number of morpholine rings is 1. The van der Waals surface area contributed by atoms with Gasteiger partial charge in [-0.15, -0.1) is 0 Å². The Kier molecular flexibility index (Phi) is 4.08. The first-order valence-electron chi connectivity index (χ1n) is 5.75. The molecule has 0 radical (unpaired) electrons. The number of oxime groups is 1. The maximum Gasteiger partial charge on any atom is 0.171 e. The van der Waals surface area contributed by atoms with Gasteiger partial charge in [0.2, 0.25) is 0 Å². The number of nitrogens with zero attached hydrogens (tertiary/aromatic N) is 2. The molecule has 1 fully saturated rings. The van der Waals surface area contributed by atoms with Crippen molar-refractivity contribution in [2.24, 2.45) is 10.9 Å². The Morgan fingerprint density at radius 3 is 3.00 bits per heavy atom. The third kappa shape index (κ3) is 2.59. The summed E-state index contributed by atoms with van der Waals surface area (Å²) in [6.07, 6.45) is 0. The molecule has 1 unspecified atom stereocenters. The highest BCUT2D eigenvalue weighted by molar-refractivity contribution is 9.10. The molecule has 1 saturated heterocycles. The number of rotatable bonds is 2. The van der Waals surface area contributed by atoms with Crippen molar-refractivity contribution in [2.75, 3.05) is 24.7 Å². The lowest BCUT2D eigenvalue weighted by Crippen LogP contribution is -2.43. The van der Waals surface area contributed by atoms with E-state index >= 15 is 0 Å². The zero-order chi connectivity index (χ0) is 13.1. The second-order valence-electron chi connectivity index (χ2n) is 4.27. The van der Waals surface area contributed by atoms with E-state index in [0.29, 0.717) is 11.6 Å². The molecule has 0 spiro atoms. The van der Waals surface area contributed by atoms with Gasteiger partial charge in [0.05, 0.1) is 13.2 Å². The highest BCUT2D eigenvalue weighted by Gasteiger charge is 2.19. The fourth-order valence-corrected chi connectivity index (χ4v) is 2.62. The van der Waals surface area contributed by atoms with Gasteiger partial charge >= 0.3 is 0 Å². The molecular weight excluding hydrogens is 298 g/mol. The summed E-state index contributed by atoms with van der Waals surface area (Å²) >= 11 is 3.45. The number of benzene rings is 1. The Labute approximate surface area is 114 Å². The Morgan fingerprint density at radius 1 is 1.61 bits per heavy atom. The van der Waals surface area contributed by atoms with Crippen molar-refractivity contribution in [3.63, 3.8) is 0 Å². The summed E-state index contributed by atoms with van der Waals surface area (Å²) in [4.78, 5) is 2.28. The lowest BCUT2D eigenvalue weighted by Gasteiger charge is -2.35. The molecule has 18 heavy (non-hydrogen) atoms. The SMILES string of the molecule is CC1COCCN1c1ccc(/C(N)=N/O)c(Br)c1. The van der Waals surface area contributed by atoms with Crippen LogP contribution in [0.5, 0.6) is 0 Å². The molecule has 3 N–H and O–H groups in total. The predicted octanol–water partition coefficient (Wildman–Crippen LogP) is 1.77. The van der Waals surface area contributed by atoms with Crippen LogP contribution >= 0.6 is 15.9 Å². The number of amidine groups is 1. The molecule has 1 aromatic carbocycles. The minimum absolute atomic E-state index is 0.100. The summed E-state index contributed by atoms with van der Waals surface area (Å²) < 4.78 is 6.23. The Balaban J connectivity index is 2.28. The van der Waals surface area contributed by atoms with Gasteiger partial charge < -0.3 is 20.6 Å². The third-order valence-corrected chi connectivity index (χ3v) is 3.69. The first kappa shape index (κ1) is 13.2. The van der Waals surface area contributed by atoms with Gasteiger partial charge in [0.15, 0.2) is 5.84 Å². The second kappa shape index (κ2) is 5.58. The summed E-state index contributed by atoms with van der Waals surface area (Å²) in [5, 5.41) is 11.7. The van der Waals surface area contributed by atoms with E-state index in [1.807, 2.05) is 18.2 Å². The van der Waals surface area contributed by atoms with E-state index in [4.69, 9.17) is 15.7 Å². The van der Waals surface area contributed by atoms with Crippen molar-refractivity contribution in [1.29, 1.82) is 0 Å². The second-order valence-corrected chi connectivity index (χ2v) is 5.12. The van der Waals surface area contributed by atoms with Crippen LogP contribution in [0.15, 0.2) is 27.8 Å². The molecule has 0 saturated carbocycles. The Bertz CT molecular complexity index is 465. The summed E-state index contributed by atoms with van der Waals surface area (Å²) in [6, 6.07) is 6.14. The average molecular weight is 314 g/mol. The van der Waals surface area contributed by atoms with E-state index in [1.165, 1.54) is 0 Å². The quantitative estimate of drug-likeness (QED) is 0.378. The maximum absolute atomic E-state index is 8.69. The molecule has 1 heterocycles. The van der Waals surface area contributed by atoms with Crippen LogP contribution in [0.3, 0.4) is 0 Å².